The van der Waals surface area contributed by atoms with Crippen LogP contribution < -0.4 is 5.01 Å². The van der Waals surface area contributed by atoms with Crippen LogP contribution >= 0.6 is 23.2 Å². The molecule has 156 valence electrons. The number of halogens is 2. The van der Waals surface area contributed by atoms with Crippen LogP contribution in [0.15, 0.2) is 18.2 Å². The lowest BCUT2D eigenvalue weighted by molar-refractivity contribution is -0.189. The highest BCUT2D eigenvalue weighted by atomic mass is 35.5. The molecule has 1 aliphatic heterocycles. The Kier molecular flexibility index (Phi) is 4.22. The van der Waals surface area contributed by atoms with E-state index in [2.05, 4.69) is 0 Å². The third kappa shape index (κ3) is 2.53. The van der Waals surface area contributed by atoms with E-state index in [-0.39, 0.29) is 23.3 Å². The molecule has 1 aromatic carbocycles. The monoisotopic (exact) mass is 436 g/mol. The van der Waals surface area contributed by atoms with E-state index in [9.17, 15) is 9.59 Å². The molecule has 1 amide bonds. The SMILES string of the molecule is COC(=O)C12CC3CC(C1)C(N1C(=O)C(C)(C)N1c1cccc(Cl)c1Cl)C(C3)C2. The molecule has 0 radical (unpaired) electrons. The van der Waals surface area contributed by atoms with Crippen LogP contribution in [-0.4, -0.2) is 35.6 Å². The first kappa shape index (κ1) is 19.5. The molecule has 2 atom stereocenters. The van der Waals surface area contributed by atoms with E-state index in [1.807, 2.05) is 36.0 Å². The lowest BCUT2D eigenvalue weighted by Crippen LogP contribution is -2.80. The Hall–Kier alpha value is -1.46. The van der Waals surface area contributed by atoms with Gasteiger partial charge in [0, 0.05) is 0 Å². The van der Waals surface area contributed by atoms with Crippen molar-refractivity contribution in [3.63, 3.8) is 0 Å². The second-order valence-electron chi connectivity index (χ2n) is 9.83. The van der Waals surface area contributed by atoms with Crippen molar-refractivity contribution in [3.8, 4) is 0 Å². The van der Waals surface area contributed by atoms with E-state index in [1.165, 1.54) is 7.11 Å². The Bertz CT molecular complexity index is 886. The first-order valence-corrected chi connectivity index (χ1v) is 11.1. The number of esters is 1. The predicted molar refractivity (Wildman–Crippen MR) is 112 cm³/mol. The van der Waals surface area contributed by atoms with Gasteiger partial charge in [0.05, 0.1) is 34.3 Å². The maximum atomic E-state index is 13.3. The van der Waals surface area contributed by atoms with Crippen molar-refractivity contribution in [3.05, 3.63) is 28.2 Å². The molecule has 2 unspecified atom stereocenters. The number of ether oxygens (including phenoxy) is 1. The van der Waals surface area contributed by atoms with Crippen molar-refractivity contribution in [1.82, 2.24) is 5.01 Å². The van der Waals surface area contributed by atoms with Gasteiger partial charge in [0.1, 0.15) is 5.54 Å². The molecule has 29 heavy (non-hydrogen) atoms. The summed E-state index contributed by atoms with van der Waals surface area (Å²) in [4.78, 5) is 25.9. The average Bonchev–Trinajstić information content (AvgIpc) is 2.68. The van der Waals surface area contributed by atoms with Crippen LogP contribution in [0.5, 0.6) is 0 Å². The van der Waals surface area contributed by atoms with Crippen molar-refractivity contribution < 1.29 is 14.3 Å². The standard InChI is InChI=1S/C22H26Cl2N2O3/c1-21(2)19(27)25(26(21)16-6-4-5-15(23)17(16)24)18-13-7-12-8-14(18)11-22(9-12,10-13)20(28)29-3/h4-6,12-14,18H,7-11H2,1-3H3. The summed E-state index contributed by atoms with van der Waals surface area (Å²) in [6.45, 7) is 3.85. The van der Waals surface area contributed by atoms with Gasteiger partial charge in [-0.3, -0.25) is 14.6 Å². The molecule has 4 saturated carbocycles. The summed E-state index contributed by atoms with van der Waals surface area (Å²) in [5, 5.41) is 4.90. The molecule has 1 heterocycles. The van der Waals surface area contributed by atoms with E-state index in [1.54, 1.807) is 6.07 Å². The lowest BCUT2D eigenvalue weighted by atomic mass is 9.47. The molecular weight excluding hydrogens is 411 g/mol. The molecule has 5 aliphatic rings. The van der Waals surface area contributed by atoms with Gasteiger partial charge >= 0.3 is 5.97 Å². The molecular formula is C22H26Cl2N2O3. The van der Waals surface area contributed by atoms with Gasteiger partial charge < -0.3 is 4.74 Å². The zero-order valence-electron chi connectivity index (χ0n) is 17.0. The third-order valence-electron chi connectivity index (χ3n) is 7.76. The number of anilines is 1. The Morgan fingerprint density at radius 1 is 1.14 bits per heavy atom. The van der Waals surface area contributed by atoms with Gasteiger partial charge in [0.2, 0.25) is 0 Å². The summed E-state index contributed by atoms with van der Waals surface area (Å²) in [5.74, 6) is 1.20. The van der Waals surface area contributed by atoms with Crippen molar-refractivity contribution >= 4 is 40.8 Å². The average molecular weight is 437 g/mol. The largest absolute Gasteiger partial charge is 0.469 e. The second kappa shape index (κ2) is 6.27. The minimum Gasteiger partial charge on any atom is -0.469 e. The number of rotatable bonds is 3. The highest BCUT2D eigenvalue weighted by Crippen LogP contribution is 2.63. The van der Waals surface area contributed by atoms with E-state index in [0.717, 1.165) is 37.8 Å². The Labute approximate surface area is 181 Å². The lowest BCUT2D eigenvalue weighted by Gasteiger charge is -2.67. The Morgan fingerprint density at radius 2 is 1.79 bits per heavy atom. The fraction of sp³-hybridized carbons (Fsp3) is 0.636. The first-order chi connectivity index (χ1) is 13.7. The number of methoxy groups -OCH3 is 1. The van der Waals surface area contributed by atoms with Gasteiger partial charge in [0.25, 0.3) is 5.91 Å². The van der Waals surface area contributed by atoms with Crippen LogP contribution in [-0.2, 0) is 14.3 Å². The molecule has 5 fully saturated rings. The molecule has 4 bridgehead atoms. The molecule has 6 rings (SSSR count). The number of hydrogen-bond donors (Lipinski definition) is 0. The summed E-state index contributed by atoms with van der Waals surface area (Å²) in [6.07, 6.45) is 4.68. The topological polar surface area (TPSA) is 49.9 Å². The summed E-state index contributed by atoms with van der Waals surface area (Å²) < 4.78 is 5.18. The van der Waals surface area contributed by atoms with Crippen molar-refractivity contribution in [2.45, 2.75) is 57.5 Å². The molecule has 0 N–H and O–H groups in total. The number of carbonyl (C=O) groups is 2. The quantitative estimate of drug-likeness (QED) is 0.644. The summed E-state index contributed by atoms with van der Waals surface area (Å²) in [6, 6.07) is 5.64. The van der Waals surface area contributed by atoms with Crippen LogP contribution in [0.3, 0.4) is 0 Å². The third-order valence-corrected chi connectivity index (χ3v) is 8.57. The maximum Gasteiger partial charge on any atom is 0.311 e. The highest BCUT2D eigenvalue weighted by Gasteiger charge is 2.65. The molecule has 5 nitrogen and oxygen atoms in total. The fourth-order valence-electron chi connectivity index (χ4n) is 6.89. The van der Waals surface area contributed by atoms with Gasteiger partial charge in [-0.1, -0.05) is 29.3 Å². The molecule has 4 aliphatic carbocycles. The van der Waals surface area contributed by atoms with E-state index in [0.29, 0.717) is 27.8 Å². The molecule has 7 heteroatoms. The van der Waals surface area contributed by atoms with Crippen LogP contribution in [0, 0.1) is 23.2 Å². The molecule has 1 saturated heterocycles. The van der Waals surface area contributed by atoms with Crippen molar-refractivity contribution in [1.29, 1.82) is 0 Å². The normalized spacial score (nSPS) is 36.9. The van der Waals surface area contributed by atoms with E-state index in [4.69, 9.17) is 27.9 Å². The zero-order chi connectivity index (χ0) is 20.7. The number of benzene rings is 1. The molecule has 1 aromatic rings. The van der Waals surface area contributed by atoms with Gasteiger partial charge in [0.15, 0.2) is 0 Å². The Balaban J connectivity index is 1.52. The van der Waals surface area contributed by atoms with Crippen molar-refractivity contribution in [2.24, 2.45) is 23.2 Å². The van der Waals surface area contributed by atoms with E-state index >= 15 is 0 Å². The summed E-state index contributed by atoms with van der Waals surface area (Å²) >= 11 is 12.8. The van der Waals surface area contributed by atoms with Gasteiger partial charge in [-0.15, -0.1) is 0 Å². The minimum atomic E-state index is -0.678. The minimum absolute atomic E-state index is 0.0691. The number of amides is 1. The van der Waals surface area contributed by atoms with Crippen LogP contribution in [0.2, 0.25) is 10.0 Å². The highest BCUT2D eigenvalue weighted by molar-refractivity contribution is 6.43. The number of carbonyl (C=O) groups excluding carboxylic acids is 2. The van der Waals surface area contributed by atoms with Gasteiger partial charge in [-0.05, 0) is 75.8 Å². The second-order valence-corrected chi connectivity index (χ2v) is 10.6. The van der Waals surface area contributed by atoms with Crippen molar-refractivity contribution in [2.75, 3.05) is 12.1 Å². The molecule has 0 aromatic heterocycles. The van der Waals surface area contributed by atoms with Crippen LogP contribution in [0.25, 0.3) is 0 Å². The van der Waals surface area contributed by atoms with Gasteiger partial charge in [-0.25, -0.2) is 5.01 Å². The zero-order valence-corrected chi connectivity index (χ0v) is 18.5. The summed E-state index contributed by atoms with van der Waals surface area (Å²) in [7, 11) is 1.49. The van der Waals surface area contributed by atoms with Gasteiger partial charge in [-0.2, -0.15) is 0 Å². The first-order valence-electron chi connectivity index (χ1n) is 10.4. The number of nitrogens with zero attached hydrogens (tertiary/aromatic N) is 2. The summed E-state index contributed by atoms with van der Waals surface area (Å²) in [5.41, 5.74) is -0.271. The maximum absolute atomic E-state index is 13.3. The number of hydrogen-bond acceptors (Lipinski definition) is 4. The number of hydrazine groups is 1. The smallest absolute Gasteiger partial charge is 0.311 e. The Morgan fingerprint density at radius 3 is 2.41 bits per heavy atom. The predicted octanol–water partition coefficient (Wildman–Crippen LogP) is 4.70. The van der Waals surface area contributed by atoms with E-state index < -0.39 is 5.54 Å². The molecule has 0 spiro atoms. The van der Waals surface area contributed by atoms with Crippen LogP contribution in [0.1, 0.15) is 46.0 Å². The fourth-order valence-corrected chi connectivity index (χ4v) is 7.27. The van der Waals surface area contributed by atoms with Crippen LogP contribution in [0.4, 0.5) is 5.69 Å².